The Kier molecular flexibility index (Phi) is 7.24. The molecule has 2 aromatic carbocycles. The topological polar surface area (TPSA) is 82.6 Å². The van der Waals surface area contributed by atoms with Gasteiger partial charge in [0.2, 0.25) is 0 Å². The lowest BCUT2D eigenvalue weighted by molar-refractivity contribution is -0.384. The Morgan fingerprint density at radius 2 is 1.93 bits per heavy atom. The average molecular weight is 507 g/mol. The Hall–Kier alpha value is -2.42. The van der Waals surface area contributed by atoms with E-state index in [4.69, 9.17) is 9.15 Å². The van der Waals surface area contributed by atoms with Gasteiger partial charge in [-0.1, -0.05) is 35.9 Å². The van der Waals surface area contributed by atoms with Gasteiger partial charge in [0.1, 0.15) is 17.1 Å². The van der Waals surface area contributed by atoms with Gasteiger partial charge in [-0.25, -0.2) is 0 Å². The number of aryl methyl sites for hydroxylation is 1. The van der Waals surface area contributed by atoms with Crippen molar-refractivity contribution >= 4 is 45.0 Å². The molecule has 0 unspecified atom stereocenters. The van der Waals surface area contributed by atoms with E-state index in [0.29, 0.717) is 46.6 Å². The average Bonchev–Trinajstić information content (AvgIpc) is 3.09. The number of non-ortho nitro benzene ring substituents is 1. The second kappa shape index (κ2) is 9.87. The van der Waals surface area contributed by atoms with Gasteiger partial charge in [-0.2, -0.15) is 0 Å². The van der Waals surface area contributed by atoms with Crippen LogP contribution >= 0.6 is 22.6 Å². The fourth-order valence-corrected chi connectivity index (χ4v) is 3.42. The monoisotopic (exact) mass is 507 g/mol. The first-order valence-electron chi connectivity index (χ1n) is 9.58. The number of carbonyl (C=O) groups excluding carboxylic acids is 1. The van der Waals surface area contributed by atoms with E-state index in [1.165, 1.54) is 12.1 Å². The summed E-state index contributed by atoms with van der Waals surface area (Å²) in [5, 5.41) is 11.7. The lowest BCUT2D eigenvalue weighted by Gasteiger charge is -2.07. The van der Waals surface area contributed by atoms with Crippen LogP contribution in [0.3, 0.4) is 0 Å². The van der Waals surface area contributed by atoms with E-state index in [1.54, 1.807) is 30.3 Å². The minimum absolute atomic E-state index is 0.0617. The molecule has 0 saturated carbocycles. The van der Waals surface area contributed by atoms with Crippen LogP contribution in [0.2, 0.25) is 0 Å². The summed E-state index contributed by atoms with van der Waals surface area (Å²) < 4.78 is 12.6. The SMILES string of the molecule is CCCCc1oc2ccc([N+](=O)[O-])cc2c1C(=O)c1ccc(OCCCI)cc1. The molecule has 0 spiro atoms. The van der Waals surface area contributed by atoms with E-state index in [1.807, 2.05) is 0 Å². The Morgan fingerprint density at radius 1 is 1.17 bits per heavy atom. The van der Waals surface area contributed by atoms with Crippen LogP contribution in [0.4, 0.5) is 5.69 Å². The molecule has 3 aromatic rings. The molecule has 3 rings (SSSR count). The number of rotatable bonds is 10. The maximum Gasteiger partial charge on any atom is 0.270 e. The van der Waals surface area contributed by atoms with Gasteiger partial charge in [-0.15, -0.1) is 0 Å². The van der Waals surface area contributed by atoms with Gasteiger partial charge in [0.05, 0.1) is 17.1 Å². The van der Waals surface area contributed by atoms with E-state index in [9.17, 15) is 14.9 Å². The first kappa shape index (κ1) is 21.3. The van der Waals surface area contributed by atoms with Crippen molar-refractivity contribution in [2.24, 2.45) is 0 Å². The Morgan fingerprint density at radius 3 is 2.59 bits per heavy atom. The molecule has 1 aromatic heterocycles. The van der Waals surface area contributed by atoms with Crippen LogP contribution in [0.15, 0.2) is 46.9 Å². The minimum atomic E-state index is -0.464. The summed E-state index contributed by atoms with van der Waals surface area (Å²) in [5.41, 5.74) is 1.34. The van der Waals surface area contributed by atoms with Gasteiger partial charge in [-0.05, 0) is 43.2 Å². The highest BCUT2D eigenvalue weighted by molar-refractivity contribution is 14.1. The molecule has 0 amide bonds. The fourth-order valence-electron chi connectivity index (χ4n) is 3.10. The van der Waals surface area contributed by atoms with Crippen molar-refractivity contribution < 1.29 is 18.9 Å². The zero-order chi connectivity index (χ0) is 20.8. The number of hydrogen-bond acceptors (Lipinski definition) is 5. The predicted molar refractivity (Wildman–Crippen MR) is 120 cm³/mol. The molecule has 152 valence electrons. The molecule has 0 aliphatic heterocycles. The number of nitrogens with zero attached hydrogens (tertiary/aromatic N) is 1. The maximum atomic E-state index is 13.3. The Labute approximate surface area is 182 Å². The van der Waals surface area contributed by atoms with Gasteiger partial charge in [-0.3, -0.25) is 14.9 Å². The lowest BCUT2D eigenvalue weighted by atomic mass is 9.98. The summed E-state index contributed by atoms with van der Waals surface area (Å²) in [5.74, 6) is 1.09. The molecule has 0 aliphatic carbocycles. The number of nitro benzene ring substituents is 1. The molecule has 1 heterocycles. The van der Waals surface area contributed by atoms with Gasteiger partial charge >= 0.3 is 0 Å². The minimum Gasteiger partial charge on any atom is -0.494 e. The van der Waals surface area contributed by atoms with Gasteiger partial charge in [0.25, 0.3) is 5.69 Å². The number of ether oxygens (including phenoxy) is 1. The van der Waals surface area contributed by atoms with Crippen LogP contribution in [0.5, 0.6) is 5.75 Å². The molecule has 0 bridgehead atoms. The number of nitro groups is 1. The van der Waals surface area contributed by atoms with Crippen LogP contribution < -0.4 is 4.74 Å². The molecule has 0 saturated heterocycles. The van der Waals surface area contributed by atoms with E-state index in [0.717, 1.165) is 23.7 Å². The molecule has 0 atom stereocenters. The van der Waals surface area contributed by atoms with Gasteiger partial charge < -0.3 is 9.15 Å². The third kappa shape index (κ3) is 4.95. The molecule has 6 nitrogen and oxygen atoms in total. The number of halogens is 1. The number of ketones is 1. The van der Waals surface area contributed by atoms with Crippen LogP contribution in [0, 0.1) is 10.1 Å². The zero-order valence-corrected chi connectivity index (χ0v) is 18.3. The van der Waals surface area contributed by atoms with E-state index < -0.39 is 4.92 Å². The first-order chi connectivity index (χ1) is 14.0. The summed E-state index contributed by atoms with van der Waals surface area (Å²) in [7, 11) is 0. The molecule has 7 heteroatoms. The first-order valence-corrected chi connectivity index (χ1v) is 11.1. The number of benzene rings is 2. The quantitative estimate of drug-likeness (QED) is 0.0825. The zero-order valence-electron chi connectivity index (χ0n) is 16.2. The highest BCUT2D eigenvalue weighted by Gasteiger charge is 2.23. The maximum absolute atomic E-state index is 13.3. The standard InChI is InChI=1S/C22H22INO5/c1-2-3-5-20-21(18-14-16(24(26)27)8-11-19(18)29-20)22(25)15-6-9-17(10-7-15)28-13-4-12-23/h6-11,14H,2-5,12-13H2,1H3. The summed E-state index contributed by atoms with van der Waals surface area (Å²) in [4.78, 5) is 24.0. The third-order valence-corrected chi connectivity index (χ3v) is 5.37. The predicted octanol–water partition coefficient (Wildman–Crippen LogP) is 6.12. The van der Waals surface area contributed by atoms with Crippen molar-refractivity contribution in [2.75, 3.05) is 11.0 Å². The van der Waals surface area contributed by atoms with E-state index in [2.05, 4.69) is 29.5 Å². The van der Waals surface area contributed by atoms with Crippen molar-refractivity contribution in [1.29, 1.82) is 0 Å². The van der Waals surface area contributed by atoms with Crippen molar-refractivity contribution in [3.8, 4) is 5.75 Å². The summed E-state index contributed by atoms with van der Waals surface area (Å²) in [6.45, 7) is 2.69. The highest BCUT2D eigenvalue weighted by atomic mass is 127. The van der Waals surface area contributed by atoms with Crippen LogP contribution in [-0.2, 0) is 6.42 Å². The summed E-state index contributed by atoms with van der Waals surface area (Å²) >= 11 is 2.30. The molecule has 0 N–H and O–H groups in total. The van der Waals surface area contributed by atoms with Crippen molar-refractivity contribution in [3.63, 3.8) is 0 Å². The highest BCUT2D eigenvalue weighted by Crippen LogP contribution is 2.32. The largest absolute Gasteiger partial charge is 0.494 e. The van der Waals surface area contributed by atoms with Crippen molar-refractivity contribution in [1.82, 2.24) is 0 Å². The Balaban J connectivity index is 1.98. The van der Waals surface area contributed by atoms with Crippen molar-refractivity contribution in [2.45, 2.75) is 32.6 Å². The van der Waals surface area contributed by atoms with E-state index in [-0.39, 0.29) is 11.5 Å². The van der Waals surface area contributed by atoms with E-state index >= 15 is 0 Å². The molecule has 0 fully saturated rings. The van der Waals surface area contributed by atoms with Gasteiger partial charge in [0.15, 0.2) is 5.78 Å². The molecule has 29 heavy (non-hydrogen) atoms. The number of furan rings is 1. The molecular weight excluding hydrogens is 485 g/mol. The number of hydrogen-bond donors (Lipinski definition) is 0. The van der Waals surface area contributed by atoms with Crippen LogP contribution in [0.25, 0.3) is 11.0 Å². The number of fused-ring (bicyclic) bond motifs is 1. The summed E-state index contributed by atoms with van der Waals surface area (Å²) in [6, 6.07) is 11.4. The lowest BCUT2D eigenvalue weighted by Crippen LogP contribution is -2.04. The Bertz CT molecular complexity index is 1010. The smallest absolute Gasteiger partial charge is 0.270 e. The fraction of sp³-hybridized carbons (Fsp3) is 0.318. The number of carbonyl (C=O) groups is 1. The number of unbranched alkanes of at least 4 members (excludes halogenated alkanes) is 1. The second-order valence-corrected chi connectivity index (χ2v) is 7.76. The van der Waals surface area contributed by atoms with Crippen molar-refractivity contribution in [3.05, 3.63) is 69.5 Å². The number of alkyl halides is 1. The molecular formula is C22H22INO5. The van der Waals surface area contributed by atoms with Crippen LogP contribution in [-0.4, -0.2) is 21.7 Å². The normalized spacial score (nSPS) is 11.0. The molecule has 0 aliphatic rings. The third-order valence-electron chi connectivity index (χ3n) is 4.60. The van der Waals surface area contributed by atoms with Gasteiger partial charge in [0, 0.05) is 33.9 Å². The molecule has 0 radical (unpaired) electrons. The second-order valence-electron chi connectivity index (χ2n) is 6.69. The summed E-state index contributed by atoms with van der Waals surface area (Å²) in [6.07, 6.45) is 3.39. The van der Waals surface area contributed by atoms with Crippen LogP contribution in [0.1, 0.15) is 47.9 Å².